The van der Waals surface area contributed by atoms with Crippen molar-refractivity contribution < 1.29 is 4.74 Å². The molecule has 1 aromatic rings. The Morgan fingerprint density at radius 1 is 1.26 bits per heavy atom. The van der Waals surface area contributed by atoms with Crippen molar-refractivity contribution in [1.29, 1.82) is 0 Å². The molecule has 2 atom stereocenters. The van der Waals surface area contributed by atoms with E-state index < -0.39 is 0 Å². The van der Waals surface area contributed by atoms with Crippen LogP contribution in [0.15, 0.2) is 18.2 Å². The molecule has 2 heteroatoms. The van der Waals surface area contributed by atoms with Crippen LogP contribution in [0.2, 0.25) is 0 Å². The van der Waals surface area contributed by atoms with Gasteiger partial charge in [0.1, 0.15) is 11.4 Å². The highest BCUT2D eigenvalue weighted by Crippen LogP contribution is 2.44. The van der Waals surface area contributed by atoms with Crippen LogP contribution in [0.25, 0.3) is 0 Å². The molecular weight excluding hydrogens is 234 g/mol. The Bertz CT molecular complexity index is 498. The first-order chi connectivity index (χ1) is 9.24. The van der Waals surface area contributed by atoms with Gasteiger partial charge in [0.2, 0.25) is 0 Å². The number of hydrogen-bond acceptors (Lipinski definition) is 2. The van der Waals surface area contributed by atoms with E-state index in [0.29, 0.717) is 0 Å². The summed E-state index contributed by atoms with van der Waals surface area (Å²) < 4.78 is 6.45. The minimum Gasteiger partial charge on any atom is -0.487 e. The highest BCUT2D eigenvalue weighted by molar-refractivity contribution is 5.42. The fourth-order valence-corrected chi connectivity index (χ4v) is 4.37. The van der Waals surface area contributed by atoms with E-state index in [1.165, 1.54) is 56.3 Å². The Balaban J connectivity index is 1.62. The summed E-state index contributed by atoms with van der Waals surface area (Å²) >= 11 is 0. The van der Waals surface area contributed by atoms with Crippen LogP contribution < -0.4 is 4.74 Å². The fourth-order valence-electron chi connectivity index (χ4n) is 4.37. The summed E-state index contributed by atoms with van der Waals surface area (Å²) in [5, 5.41) is 0. The van der Waals surface area contributed by atoms with Crippen molar-refractivity contribution in [2.45, 2.75) is 57.1 Å². The third-order valence-corrected chi connectivity index (χ3v) is 5.24. The maximum atomic E-state index is 6.45. The predicted octanol–water partition coefficient (Wildman–Crippen LogP) is 3.32. The van der Waals surface area contributed by atoms with Crippen molar-refractivity contribution in [2.24, 2.45) is 0 Å². The zero-order valence-corrected chi connectivity index (χ0v) is 11.8. The number of benzene rings is 1. The van der Waals surface area contributed by atoms with Gasteiger partial charge in [0.15, 0.2) is 0 Å². The third kappa shape index (κ3) is 1.97. The number of nitrogens with zero attached hydrogens (tertiary/aromatic N) is 1. The Kier molecular flexibility index (Phi) is 2.63. The average Bonchev–Trinajstić information content (AvgIpc) is 2.90. The quantitative estimate of drug-likeness (QED) is 0.707. The summed E-state index contributed by atoms with van der Waals surface area (Å²) in [6, 6.07) is 7.45. The van der Waals surface area contributed by atoms with E-state index in [-0.39, 0.29) is 5.60 Å². The fraction of sp³-hybridized carbons (Fsp3) is 0.647. The van der Waals surface area contributed by atoms with Crippen LogP contribution in [0, 0.1) is 6.92 Å². The van der Waals surface area contributed by atoms with Crippen LogP contribution in [0.1, 0.15) is 43.2 Å². The largest absolute Gasteiger partial charge is 0.487 e. The Morgan fingerprint density at radius 3 is 3.11 bits per heavy atom. The molecule has 2 unspecified atom stereocenters. The van der Waals surface area contributed by atoms with Crippen LogP contribution in [0.4, 0.5) is 0 Å². The summed E-state index contributed by atoms with van der Waals surface area (Å²) in [7, 11) is 0. The molecule has 2 fully saturated rings. The molecule has 0 aromatic heterocycles. The summed E-state index contributed by atoms with van der Waals surface area (Å²) in [4.78, 5) is 2.70. The molecule has 4 rings (SSSR count). The van der Waals surface area contributed by atoms with Gasteiger partial charge in [-0.25, -0.2) is 0 Å². The van der Waals surface area contributed by atoms with Gasteiger partial charge >= 0.3 is 0 Å². The van der Waals surface area contributed by atoms with Crippen molar-refractivity contribution in [3.8, 4) is 5.75 Å². The summed E-state index contributed by atoms with van der Waals surface area (Å²) in [6.45, 7) is 4.77. The zero-order valence-electron chi connectivity index (χ0n) is 11.8. The second-order valence-electron chi connectivity index (χ2n) is 6.71. The van der Waals surface area contributed by atoms with E-state index in [0.717, 1.165) is 18.2 Å². The van der Waals surface area contributed by atoms with Crippen LogP contribution in [-0.2, 0) is 6.42 Å². The molecule has 0 saturated carbocycles. The Hall–Kier alpha value is -1.02. The molecule has 3 heterocycles. The van der Waals surface area contributed by atoms with Gasteiger partial charge in [-0.15, -0.1) is 0 Å². The number of fused-ring (bicyclic) bond motifs is 2. The second-order valence-corrected chi connectivity index (χ2v) is 6.71. The van der Waals surface area contributed by atoms with Gasteiger partial charge in [-0.05, 0) is 57.3 Å². The van der Waals surface area contributed by atoms with Gasteiger partial charge in [-0.2, -0.15) is 0 Å². The van der Waals surface area contributed by atoms with Gasteiger partial charge in [-0.3, -0.25) is 0 Å². The third-order valence-electron chi connectivity index (χ3n) is 5.24. The van der Waals surface area contributed by atoms with Crippen molar-refractivity contribution >= 4 is 0 Å². The van der Waals surface area contributed by atoms with Crippen LogP contribution in [0.5, 0.6) is 5.75 Å². The Labute approximate surface area is 115 Å². The van der Waals surface area contributed by atoms with E-state index in [1.54, 1.807) is 0 Å². The molecule has 2 nitrogen and oxygen atoms in total. The van der Waals surface area contributed by atoms with Gasteiger partial charge in [0, 0.05) is 18.9 Å². The smallest absolute Gasteiger partial charge is 0.123 e. The lowest BCUT2D eigenvalue weighted by Gasteiger charge is -2.30. The van der Waals surface area contributed by atoms with Crippen LogP contribution >= 0.6 is 0 Å². The second kappa shape index (κ2) is 4.24. The normalized spacial score (nSPS) is 33.8. The highest BCUT2D eigenvalue weighted by Gasteiger charge is 2.44. The minimum atomic E-state index is 0.111. The Morgan fingerprint density at radius 2 is 2.16 bits per heavy atom. The van der Waals surface area contributed by atoms with Crippen molar-refractivity contribution in [2.75, 3.05) is 13.1 Å². The molecule has 0 radical (unpaired) electrons. The molecule has 102 valence electrons. The SMILES string of the molecule is Cc1ccc2c(c1)CC1(CCCN3CCCC3C1)O2. The van der Waals surface area contributed by atoms with Gasteiger partial charge in [0.25, 0.3) is 0 Å². The molecule has 1 spiro atoms. The van der Waals surface area contributed by atoms with Crippen LogP contribution in [0.3, 0.4) is 0 Å². The standard InChI is InChI=1S/C17H23NO/c1-13-5-6-16-14(10-13)11-17(19-16)7-3-9-18-8-2-4-15(18)12-17/h5-6,10,15H,2-4,7-9,11-12H2,1H3. The zero-order chi connectivity index (χ0) is 12.9. The lowest BCUT2D eigenvalue weighted by Crippen LogP contribution is -2.39. The molecule has 0 N–H and O–H groups in total. The topological polar surface area (TPSA) is 12.5 Å². The van der Waals surface area contributed by atoms with E-state index in [9.17, 15) is 0 Å². The van der Waals surface area contributed by atoms with E-state index in [4.69, 9.17) is 4.74 Å². The molecule has 0 aliphatic carbocycles. The number of aryl methyl sites for hydroxylation is 1. The number of hydrogen-bond donors (Lipinski definition) is 0. The van der Waals surface area contributed by atoms with Gasteiger partial charge in [-0.1, -0.05) is 17.7 Å². The van der Waals surface area contributed by atoms with Gasteiger partial charge < -0.3 is 9.64 Å². The molecule has 3 aliphatic heterocycles. The van der Waals surface area contributed by atoms with Crippen molar-refractivity contribution in [3.63, 3.8) is 0 Å². The maximum Gasteiger partial charge on any atom is 0.123 e. The van der Waals surface area contributed by atoms with Crippen LogP contribution in [-0.4, -0.2) is 29.6 Å². The van der Waals surface area contributed by atoms with Crippen molar-refractivity contribution in [1.82, 2.24) is 4.90 Å². The number of rotatable bonds is 0. The molecule has 2 saturated heterocycles. The summed E-state index contributed by atoms with van der Waals surface area (Å²) in [6.07, 6.45) is 7.65. The first kappa shape index (κ1) is 11.8. The number of ether oxygens (including phenoxy) is 1. The predicted molar refractivity (Wildman–Crippen MR) is 76.7 cm³/mol. The first-order valence-corrected chi connectivity index (χ1v) is 7.77. The molecule has 19 heavy (non-hydrogen) atoms. The lowest BCUT2D eigenvalue weighted by molar-refractivity contribution is 0.0649. The lowest BCUT2D eigenvalue weighted by atomic mass is 9.86. The molecule has 1 aromatic carbocycles. The summed E-state index contributed by atoms with van der Waals surface area (Å²) in [5.74, 6) is 1.15. The highest BCUT2D eigenvalue weighted by atomic mass is 16.5. The minimum absolute atomic E-state index is 0.111. The molecule has 0 bridgehead atoms. The molecule has 0 amide bonds. The monoisotopic (exact) mass is 257 g/mol. The first-order valence-electron chi connectivity index (χ1n) is 7.77. The maximum absolute atomic E-state index is 6.45. The van der Waals surface area contributed by atoms with E-state index in [2.05, 4.69) is 30.0 Å². The molecular formula is C17H23NO. The van der Waals surface area contributed by atoms with Crippen molar-refractivity contribution in [3.05, 3.63) is 29.3 Å². The summed E-state index contributed by atoms with van der Waals surface area (Å²) in [5.41, 5.74) is 2.90. The molecule has 3 aliphatic rings. The average molecular weight is 257 g/mol. The van der Waals surface area contributed by atoms with Gasteiger partial charge in [0.05, 0.1) is 0 Å². The van der Waals surface area contributed by atoms with E-state index >= 15 is 0 Å². The van der Waals surface area contributed by atoms with E-state index in [1.807, 2.05) is 0 Å².